The van der Waals surface area contributed by atoms with E-state index in [0.29, 0.717) is 56.4 Å². The second kappa shape index (κ2) is 9.60. The molecule has 0 bridgehead atoms. The van der Waals surface area contributed by atoms with Crippen LogP contribution in [0, 0.1) is 24.5 Å². The Morgan fingerprint density at radius 3 is 2.62 bits per heavy atom. The quantitative estimate of drug-likeness (QED) is 0.219. The van der Waals surface area contributed by atoms with Gasteiger partial charge in [-0.1, -0.05) is 6.42 Å². The molecule has 3 atom stereocenters. The third-order valence-corrected chi connectivity index (χ3v) is 8.61. The van der Waals surface area contributed by atoms with E-state index in [4.69, 9.17) is 4.42 Å². The molecule has 1 amide bonds. The van der Waals surface area contributed by atoms with Gasteiger partial charge in [0.15, 0.2) is 17.4 Å². The number of furan rings is 1. The number of nitrogens with one attached hydrogen (secondary N) is 1. The monoisotopic (exact) mass is 565 g/mol. The summed E-state index contributed by atoms with van der Waals surface area (Å²) < 4.78 is 75.4. The number of amides is 1. The molecule has 6 rings (SSSR count). The van der Waals surface area contributed by atoms with Gasteiger partial charge in [0.2, 0.25) is 5.76 Å². The number of anilines is 1. The van der Waals surface area contributed by atoms with Crippen molar-refractivity contribution in [3.63, 3.8) is 0 Å². The summed E-state index contributed by atoms with van der Waals surface area (Å²) >= 11 is 0. The first-order valence-corrected chi connectivity index (χ1v) is 13.4. The Bertz CT molecular complexity index is 1430. The Morgan fingerprint density at radius 1 is 1.15 bits per heavy atom. The molecule has 3 fully saturated rings. The number of fused-ring (bicyclic) bond motifs is 2. The van der Waals surface area contributed by atoms with Crippen molar-refractivity contribution < 1.29 is 41.1 Å². The number of rotatable bonds is 4. The molecule has 2 N–H and O–H groups in total. The van der Waals surface area contributed by atoms with Crippen LogP contribution in [0.3, 0.4) is 0 Å². The van der Waals surface area contributed by atoms with Gasteiger partial charge >= 0.3 is 6.18 Å². The van der Waals surface area contributed by atoms with E-state index in [1.807, 2.05) is 0 Å². The number of nitrogens with zero attached hydrogens (tertiary/aromatic N) is 2. The second-order valence-electron chi connectivity index (χ2n) is 11.0. The number of aliphatic hydroxyl groups is 1. The molecule has 40 heavy (non-hydrogen) atoms. The van der Waals surface area contributed by atoms with Crippen LogP contribution in [0.4, 0.5) is 27.6 Å². The van der Waals surface area contributed by atoms with Gasteiger partial charge in [0.05, 0.1) is 12.6 Å². The molecule has 4 aliphatic rings. The van der Waals surface area contributed by atoms with Crippen LogP contribution in [0.5, 0.6) is 0 Å². The highest BCUT2D eigenvalue weighted by molar-refractivity contribution is 6.22. The van der Waals surface area contributed by atoms with Crippen molar-refractivity contribution in [3.05, 3.63) is 63.3 Å². The molecule has 1 aromatic carbocycles. The van der Waals surface area contributed by atoms with Gasteiger partial charge in [0.25, 0.3) is 5.91 Å². The van der Waals surface area contributed by atoms with E-state index >= 15 is 4.39 Å². The number of hydrogen-bond donors (Lipinski definition) is 2. The maximum atomic E-state index is 15.1. The molecule has 7 nitrogen and oxygen atoms in total. The van der Waals surface area contributed by atoms with Crippen LogP contribution in [0.15, 0.2) is 27.9 Å². The topological polar surface area (TPSA) is 86.0 Å². The van der Waals surface area contributed by atoms with Crippen molar-refractivity contribution in [2.24, 2.45) is 5.92 Å². The van der Waals surface area contributed by atoms with Gasteiger partial charge in [-0.25, -0.2) is 13.8 Å². The van der Waals surface area contributed by atoms with Gasteiger partial charge < -0.3 is 14.8 Å². The first-order valence-electron chi connectivity index (χ1n) is 13.4. The summed E-state index contributed by atoms with van der Waals surface area (Å²) in [5, 5.41) is 17.1. The van der Waals surface area contributed by atoms with Gasteiger partial charge in [0.1, 0.15) is 17.1 Å². The summed E-state index contributed by atoms with van der Waals surface area (Å²) in [5.41, 5.74) is 0.317. The van der Waals surface area contributed by atoms with Crippen LogP contribution in [-0.4, -0.2) is 45.9 Å². The molecule has 4 heterocycles. The van der Waals surface area contributed by atoms with Crippen LogP contribution >= 0.6 is 0 Å². The highest BCUT2D eigenvalue weighted by atomic mass is 19.4. The number of carbonyl (C=O) groups excluding carboxylic acids is 2. The van der Waals surface area contributed by atoms with Crippen molar-refractivity contribution in [1.29, 1.82) is 0 Å². The van der Waals surface area contributed by atoms with Crippen LogP contribution < -0.4 is 5.32 Å². The summed E-state index contributed by atoms with van der Waals surface area (Å²) in [7, 11) is 0. The number of piperidine rings is 1. The fourth-order valence-corrected chi connectivity index (χ4v) is 6.58. The maximum Gasteiger partial charge on any atom is 0.449 e. The largest absolute Gasteiger partial charge is 0.511 e. The Morgan fingerprint density at radius 2 is 1.93 bits per heavy atom. The lowest BCUT2D eigenvalue weighted by atomic mass is 9.67. The molecule has 3 aliphatic heterocycles. The van der Waals surface area contributed by atoms with Gasteiger partial charge in [-0.15, -0.1) is 0 Å². The zero-order valence-corrected chi connectivity index (χ0v) is 21.7. The number of carbonyl (C=O) groups is 2. The Labute approximate surface area is 226 Å². The first-order chi connectivity index (χ1) is 19.0. The molecule has 1 aromatic heterocycles. The maximum absolute atomic E-state index is 15.1. The lowest BCUT2D eigenvalue weighted by Crippen LogP contribution is -2.62. The number of halogens is 5. The molecular formula is C28H28F5N3O4. The molecule has 2 aromatic rings. The molecular weight excluding hydrogens is 537 g/mol. The van der Waals surface area contributed by atoms with Gasteiger partial charge in [-0.3, -0.25) is 14.6 Å². The number of allylic oxidation sites excluding steroid dienone is 1. The average molecular weight is 566 g/mol. The average Bonchev–Trinajstić information content (AvgIpc) is 3.49. The SMILES string of the molecule is Cc1cc(C2CCC2C(O)=C2C(=O)[C@@H]3CCCCN3N(Cc3c(F)c(F)cc4c3NCC4)C2=O)c(C(F)(F)F)o1. The summed E-state index contributed by atoms with van der Waals surface area (Å²) in [6.07, 6.45) is -1.94. The number of ketones is 1. The Kier molecular flexibility index (Phi) is 6.43. The number of aryl methyl sites for hydroxylation is 1. The van der Waals surface area contributed by atoms with Crippen LogP contribution in [-0.2, 0) is 28.7 Å². The molecule has 1 aliphatic carbocycles. The zero-order valence-electron chi connectivity index (χ0n) is 21.7. The summed E-state index contributed by atoms with van der Waals surface area (Å²) in [6.45, 7) is 1.83. The Hall–Kier alpha value is -3.41. The van der Waals surface area contributed by atoms with Crippen molar-refractivity contribution in [2.45, 2.75) is 70.1 Å². The lowest BCUT2D eigenvalue weighted by molar-refractivity contribution is -0.167. The molecule has 214 valence electrons. The number of hydrogen-bond acceptors (Lipinski definition) is 6. The van der Waals surface area contributed by atoms with Crippen molar-refractivity contribution in [2.75, 3.05) is 18.4 Å². The molecule has 0 spiro atoms. The minimum atomic E-state index is -4.74. The van der Waals surface area contributed by atoms with Crippen LogP contribution in [0.2, 0.25) is 0 Å². The third-order valence-electron chi connectivity index (χ3n) is 8.61. The van der Waals surface area contributed by atoms with Gasteiger partial charge in [-0.05, 0) is 62.6 Å². The third kappa shape index (κ3) is 4.18. The van der Waals surface area contributed by atoms with Crippen molar-refractivity contribution in [3.8, 4) is 0 Å². The number of benzene rings is 1. The minimum Gasteiger partial charge on any atom is -0.511 e. The molecule has 2 saturated heterocycles. The fraction of sp³-hybridized carbons (Fsp3) is 0.500. The summed E-state index contributed by atoms with van der Waals surface area (Å²) in [4.78, 5) is 27.4. The molecule has 1 saturated carbocycles. The standard InChI is InChI=1S/C28H28F5N3O4/c1-13-10-17(26(40-13)28(31,32)33)15-5-6-16(15)24(37)21-25(38)20-4-2-3-9-35(20)36(27(21)39)12-18-22(30)19(29)11-14-7-8-34-23(14)18/h10-11,15-16,20,34,37H,2-9,12H2,1H3/t15?,16?,20-/m0/s1. The fourth-order valence-electron chi connectivity index (χ4n) is 6.58. The van der Waals surface area contributed by atoms with Gasteiger partial charge in [-0.2, -0.15) is 13.2 Å². The van der Waals surface area contributed by atoms with E-state index in [-0.39, 0.29) is 29.9 Å². The smallest absolute Gasteiger partial charge is 0.449 e. The van der Waals surface area contributed by atoms with E-state index in [0.717, 1.165) is 6.07 Å². The highest BCUT2D eigenvalue weighted by Gasteiger charge is 2.50. The number of alkyl halides is 3. The number of aliphatic hydroxyl groups excluding tert-OH is 1. The lowest BCUT2D eigenvalue weighted by Gasteiger charge is -2.47. The number of Topliss-reactive ketones (excluding diaryl/α,β-unsaturated/α-hetero) is 1. The molecule has 12 heteroatoms. The van der Waals surface area contributed by atoms with Crippen LogP contribution in [0.1, 0.15) is 66.2 Å². The Balaban J connectivity index is 1.39. The minimum absolute atomic E-state index is 0.0522. The van der Waals surface area contributed by atoms with Gasteiger partial charge in [0, 0.05) is 35.8 Å². The van der Waals surface area contributed by atoms with Crippen LogP contribution in [0.25, 0.3) is 0 Å². The normalized spacial score (nSPS) is 26.4. The highest BCUT2D eigenvalue weighted by Crippen LogP contribution is 2.51. The van der Waals surface area contributed by atoms with Crippen molar-refractivity contribution >= 4 is 17.4 Å². The predicted molar refractivity (Wildman–Crippen MR) is 132 cm³/mol. The summed E-state index contributed by atoms with van der Waals surface area (Å²) in [5.74, 6) is -6.96. The van der Waals surface area contributed by atoms with E-state index in [1.165, 1.54) is 18.0 Å². The zero-order chi connectivity index (χ0) is 28.5. The van der Waals surface area contributed by atoms with E-state index in [2.05, 4.69) is 5.32 Å². The molecule has 0 radical (unpaired) electrons. The number of hydrazine groups is 1. The first kappa shape index (κ1) is 26.8. The van der Waals surface area contributed by atoms with E-state index in [9.17, 15) is 32.3 Å². The van der Waals surface area contributed by atoms with Crippen molar-refractivity contribution in [1.82, 2.24) is 10.0 Å². The second-order valence-corrected chi connectivity index (χ2v) is 11.0. The molecule has 2 unspecified atom stereocenters. The van der Waals surface area contributed by atoms with E-state index < -0.39 is 64.5 Å². The summed E-state index contributed by atoms with van der Waals surface area (Å²) in [6, 6.07) is 1.60. The van der Waals surface area contributed by atoms with E-state index in [1.54, 1.807) is 5.01 Å². The predicted octanol–water partition coefficient (Wildman–Crippen LogP) is 5.54.